The molecule has 96 valence electrons. The maximum absolute atomic E-state index is 13.8. The zero-order valence-electron chi connectivity index (χ0n) is 9.81. The van der Waals surface area contributed by atoms with E-state index in [1.807, 2.05) is 24.3 Å². The van der Waals surface area contributed by atoms with Crippen LogP contribution in [0.15, 0.2) is 57.4 Å². The number of aliphatic hydroxyl groups excluding tert-OH is 1. The quantitative estimate of drug-likeness (QED) is 0.758. The van der Waals surface area contributed by atoms with Gasteiger partial charge in [-0.15, -0.1) is 0 Å². The minimum absolute atomic E-state index is 0.182. The van der Waals surface area contributed by atoms with Crippen LogP contribution in [0.25, 0.3) is 11.0 Å². The summed E-state index contributed by atoms with van der Waals surface area (Å²) < 4.78 is 19.9. The van der Waals surface area contributed by atoms with E-state index in [9.17, 15) is 9.50 Å². The van der Waals surface area contributed by atoms with E-state index in [0.717, 1.165) is 5.39 Å². The number of aliphatic hydroxyl groups is 1. The van der Waals surface area contributed by atoms with Gasteiger partial charge in [0.05, 0.1) is 0 Å². The number of hydrogen-bond donors (Lipinski definition) is 1. The lowest BCUT2D eigenvalue weighted by Crippen LogP contribution is -2.02. The van der Waals surface area contributed by atoms with Crippen molar-refractivity contribution in [2.45, 2.75) is 6.10 Å². The molecule has 1 atom stereocenters. The van der Waals surface area contributed by atoms with Crippen LogP contribution < -0.4 is 0 Å². The van der Waals surface area contributed by atoms with Crippen molar-refractivity contribution in [3.8, 4) is 0 Å². The Morgan fingerprint density at radius 2 is 1.89 bits per heavy atom. The molecule has 4 heteroatoms. The van der Waals surface area contributed by atoms with Crippen molar-refractivity contribution in [1.29, 1.82) is 0 Å². The number of rotatable bonds is 2. The summed E-state index contributed by atoms with van der Waals surface area (Å²) in [5.41, 5.74) is 0.852. The molecule has 0 amide bonds. The third-order valence-corrected chi connectivity index (χ3v) is 3.68. The molecule has 0 saturated carbocycles. The fraction of sp³-hybridized carbons (Fsp3) is 0.0667. The fourth-order valence-corrected chi connectivity index (χ4v) is 2.61. The number of hydrogen-bond acceptors (Lipinski definition) is 2. The minimum atomic E-state index is -1.14. The van der Waals surface area contributed by atoms with Gasteiger partial charge in [0.15, 0.2) is 0 Å². The molecule has 0 spiro atoms. The van der Waals surface area contributed by atoms with Crippen LogP contribution in [0.1, 0.15) is 17.4 Å². The largest absolute Gasteiger partial charge is 0.458 e. The van der Waals surface area contributed by atoms with Gasteiger partial charge >= 0.3 is 0 Å². The van der Waals surface area contributed by atoms with Crippen LogP contribution in [0, 0.1) is 5.82 Å². The normalized spacial score (nSPS) is 12.8. The SMILES string of the molecule is OC(c1cc2ccccc2o1)c1c(F)cccc1Br. The fourth-order valence-electron chi connectivity index (χ4n) is 2.05. The van der Waals surface area contributed by atoms with Crippen molar-refractivity contribution in [1.82, 2.24) is 0 Å². The standard InChI is InChI=1S/C15H10BrFO2/c16-10-5-3-6-11(17)14(10)15(18)13-8-9-4-1-2-7-12(9)19-13/h1-8,15,18H. The molecule has 2 nitrogen and oxygen atoms in total. The van der Waals surface area contributed by atoms with Crippen LogP contribution in [-0.4, -0.2) is 5.11 Å². The Balaban J connectivity index is 2.10. The number of halogens is 2. The highest BCUT2D eigenvalue weighted by Crippen LogP contribution is 2.33. The number of para-hydroxylation sites is 1. The molecule has 1 aromatic heterocycles. The third kappa shape index (κ3) is 2.17. The molecule has 1 unspecified atom stereocenters. The Morgan fingerprint density at radius 1 is 1.11 bits per heavy atom. The van der Waals surface area contributed by atoms with E-state index in [1.165, 1.54) is 6.07 Å². The maximum atomic E-state index is 13.8. The molecular formula is C15H10BrFO2. The van der Waals surface area contributed by atoms with E-state index in [0.29, 0.717) is 15.8 Å². The van der Waals surface area contributed by atoms with E-state index in [2.05, 4.69) is 15.9 Å². The van der Waals surface area contributed by atoms with Gasteiger partial charge in [-0.2, -0.15) is 0 Å². The van der Waals surface area contributed by atoms with Crippen molar-refractivity contribution >= 4 is 26.9 Å². The third-order valence-electron chi connectivity index (χ3n) is 2.99. The Hall–Kier alpha value is -1.65. The van der Waals surface area contributed by atoms with Crippen molar-refractivity contribution in [2.75, 3.05) is 0 Å². The van der Waals surface area contributed by atoms with Crippen molar-refractivity contribution in [3.63, 3.8) is 0 Å². The molecule has 3 rings (SSSR count). The molecule has 2 aromatic carbocycles. The van der Waals surface area contributed by atoms with Crippen LogP contribution in [0.3, 0.4) is 0 Å². The molecule has 0 radical (unpaired) electrons. The van der Waals surface area contributed by atoms with Gasteiger partial charge in [-0.25, -0.2) is 4.39 Å². The average molecular weight is 321 g/mol. The predicted molar refractivity (Wildman–Crippen MR) is 74.4 cm³/mol. The van der Waals surface area contributed by atoms with Crippen LogP contribution >= 0.6 is 15.9 Å². The summed E-state index contributed by atoms with van der Waals surface area (Å²) in [4.78, 5) is 0. The molecular weight excluding hydrogens is 311 g/mol. The highest BCUT2D eigenvalue weighted by molar-refractivity contribution is 9.10. The summed E-state index contributed by atoms with van der Waals surface area (Å²) in [6.45, 7) is 0. The number of benzene rings is 2. The molecule has 19 heavy (non-hydrogen) atoms. The van der Waals surface area contributed by atoms with Crippen LogP contribution in [-0.2, 0) is 0 Å². The molecule has 0 bridgehead atoms. The van der Waals surface area contributed by atoms with Gasteiger partial charge in [0.2, 0.25) is 0 Å². The Bertz CT molecular complexity index is 683. The lowest BCUT2D eigenvalue weighted by molar-refractivity contribution is 0.187. The van der Waals surface area contributed by atoms with E-state index in [4.69, 9.17) is 4.42 Å². The first-order valence-electron chi connectivity index (χ1n) is 5.77. The molecule has 1 N–H and O–H groups in total. The highest BCUT2D eigenvalue weighted by Gasteiger charge is 2.21. The van der Waals surface area contributed by atoms with Gasteiger partial charge < -0.3 is 9.52 Å². The highest BCUT2D eigenvalue weighted by atomic mass is 79.9. The van der Waals surface area contributed by atoms with Crippen molar-refractivity contribution in [3.05, 3.63) is 70.1 Å². The lowest BCUT2D eigenvalue weighted by Gasteiger charge is -2.11. The zero-order chi connectivity index (χ0) is 13.4. The molecule has 1 heterocycles. The van der Waals surface area contributed by atoms with Crippen LogP contribution in [0.4, 0.5) is 4.39 Å². The Morgan fingerprint density at radius 3 is 2.63 bits per heavy atom. The van der Waals surface area contributed by atoms with E-state index >= 15 is 0 Å². The molecule has 0 aliphatic rings. The number of furan rings is 1. The van der Waals surface area contributed by atoms with Gasteiger partial charge in [-0.05, 0) is 24.3 Å². The second-order valence-electron chi connectivity index (χ2n) is 4.22. The number of fused-ring (bicyclic) bond motifs is 1. The first kappa shape index (κ1) is 12.4. The summed E-state index contributed by atoms with van der Waals surface area (Å²) in [7, 11) is 0. The van der Waals surface area contributed by atoms with Crippen molar-refractivity contribution < 1.29 is 13.9 Å². The Labute approximate surface area is 117 Å². The summed E-state index contributed by atoms with van der Waals surface area (Å²) in [5, 5.41) is 11.2. The smallest absolute Gasteiger partial charge is 0.141 e. The van der Waals surface area contributed by atoms with E-state index < -0.39 is 11.9 Å². The van der Waals surface area contributed by atoms with Crippen LogP contribution in [0.2, 0.25) is 0 Å². The summed E-state index contributed by atoms with van der Waals surface area (Å²) in [6.07, 6.45) is -1.14. The topological polar surface area (TPSA) is 33.4 Å². The zero-order valence-corrected chi connectivity index (χ0v) is 11.4. The second kappa shape index (κ2) is 4.79. The average Bonchev–Trinajstić information content (AvgIpc) is 2.82. The Kier molecular flexibility index (Phi) is 3.12. The molecule has 0 saturated heterocycles. The first-order chi connectivity index (χ1) is 9.16. The van der Waals surface area contributed by atoms with Gasteiger partial charge in [-0.3, -0.25) is 0 Å². The van der Waals surface area contributed by atoms with E-state index in [-0.39, 0.29) is 5.56 Å². The van der Waals surface area contributed by atoms with Crippen LogP contribution in [0.5, 0.6) is 0 Å². The molecule has 3 aromatic rings. The minimum Gasteiger partial charge on any atom is -0.458 e. The van der Waals surface area contributed by atoms with E-state index in [1.54, 1.807) is 18.2 Å². The summed E-state index contributed by atoms with van der Waals surface area (Å²) in [6, 6.07) is 13.7. The molecule has 0 fully saturated rings. The summed E-state index contributed by atoms with van der Waals surface area (Å²) in [5.74, 6) is -0.144. The predicted octanol–water partition coefficient (Wildman–Crippen LogP) is 4.42. The lowest BCUT2D eigenvalue weighted by atomic mass is 10.1. The second-order valence-corrected chi connectivity index (χ2v) is 5.08. The summed E-state index contributed by atoms with van der Waals surface area (Å²) >= 11 is 3.25. The monoisotopic (exact) mass is 320 g/mol. The van der Waals surface area contributed by atoms with Gasteiger partial charge in [-0.1, -0.05) is 40.2 Å². The first-order valence-corrected chi connectivity index (χ1v) is 6.56. The van der Waals surface area contributed by atoms with Gasteiger partial charge in [0.25, 0.3) is 0 Å². The van der Waals surface area contributed by atoms with Gasteiger partial charge in [0, 0.05) is 15.4 Å². The molecule has 0 aliphatic heterocycles. The van der Waals surface area contributed by atoms with Crippen molar-refractivity contribution in [2.24, 2.45) is 0 Å². The maximum Gasteiger partial charge on any atom is 0.141 e. The molecule has 0 aliphatic carbocycles. The van der Waals surface area contributed by atoms with Gasteiger partial charge in [0.1, 0.15) is 23.3 Å².